The smallest absolute Gasteiger partial charge is 0.335 e. The molecule has 0 aliphatic heterocycles. The topological polar surface area (TPSA) is 55.1 Å². The van der Waals surface area contributed by atoms with Crippen LogP contribution in [-0.2, 0) is 7.05 Å². The van der Waals surface area contributed by atoms with E-state index in [9.17, 15) is 9.18 Å². The minimum atomic E-state index is -1.15. The van der Waals surface area contributed by atoms with Gasteiger partial charge in [-0.15, -0.1) is 0 Å². The van der Waals surface area contributed by atoms with Gasteiger partial charge in [-0.3, -0.25) is 4.68 Å². The van der Waals surface area contributed by atoms with Gasteiger partial charge in [0.1, 0.15) is 5.82 Å². The van der Waals surface area contributed by atoms with Crippen molar-refractivity contribution < 1.29 is 14.3 Å². The maximum atomic E-state index is 13.2. The summed E-state index contributed by atoms with van der Waals surface area (Å²) in [6.07, 6.45) is 3.25. The van der Waals surface area contributed by atoms with Crippen molar-refractivity contribution >= 4 is 5.97 Å². The second-order valence-corrected chi connectivity index (χ2v) is 3.44. The van der Waals surface area contributed by atoms with Crippen molar-refractivity contribution in [2.75, 3.05) is 0 Å². The monoisotopic (exact) mass is 220 g/mol. The highest BCUT2D eigenvalue weighted by molar-refractivity contribution is 5.89. The average Bonchev–Trinajstić information content (AvgIpc) is 2.64. The van der Waals surface area contributed by atoms with Gasteiger partial charge < -0.3 is 5.11 Å². The first-order valence-corrected chi connectivity index (χ1v) is 4.59. The fourth-order valence-electron chi connectivity index (χ4n) is 1.45. The van der Waals surface area contributed by atoms with Crippen LogP contribution in [0.1, 0.15) is 10.4 Å². The normalized spacial score (nSPS) is 10.4. The lowest BCUT2D eigenvalue weighted by molar-refractivity contribution is 0.0696. The molecule has 1 heterocycles. The van der Waals surface area contributed by atoms with Gasteiger partial charge in [-0.05, 0) is 23.8 Å². The molecule has 0 aliphatic rings. The van der Waals surface area contributed by atoms with E-state index >= 15 is 0 Å². The summed E-state index contributed by atoms with van der Waals surface area (Å²) in [6, 6.07) is 3.69. The van der Waals surface area contributed by atoms with Gasteiger partial charge in [0.2, 0.25) is 0 Å². The molecule has 0 saturated carbocycles. The van der Waals surface area contributed by atoms with Crippen molar-refractivity contribution in [2.45, 2.75) is 0 Å². The molecule has 16 heavy (non-hydrogen) atoms. The van der Waals surface area contributed by atoms with Gasteiger partial charge in [0.25, 0.3) is 0 Å². The largest absolute Gasteiger partial charge is 0.478 e. The number of hydrogen-bond donors (Lipinski definition) is 1. The van der Waals surface area contributed by atoms with Crippen LogP contribution < -0.4 is 0 Å². The lowest BCUT2D eigenvalue weighted by atomic mass is 10.1. The van der Waals surface area contributed by atoms with Crippen molar-refractivity contribution in [3.05, 3.63) is 42.0 Å². The molecule has 5 heteroatoms. The third-order valence-electron chi connectivity index (χ3n) is 2.18. The molecule has 0 saturated heterocycles. The van der Waals surface area contributed by atoms with Crippen LogP contribution in [0.3, 0.4) is 0 Å². The van der Waals surface area contributed by atoms with Crippen LogP contribution in [-0.4, -0.2) is 20.9 Å². The zero-order valence-electron chi connectivity index (χ0n) is 8.51. The molecule has 0 aliphatic carbocycles. The van der Waals surface area contributed by atoms with Crippen LogP contribution in [0.4, 0.5) is 4.39 Å². The van der Waals surface area contributed by atoms with Gasteiger partial charge in [-0.1, -0.05) is 0 Å². The first kappa shape index (κ1) is 10.4. The van der Waals surface area contributed by atoms with Crippen LogP contribution >= 0.6 is 0 Å². The molecule has 0 atom stereocenters. The van der Waals surface area contributed by atoms with E-state index in [0.29, 0.717) is 11.1 Å². The van der Waals surface area contributed by atoms with E-state index in [2.05, 4.69) is 5.10 Å². The van der Waals surface area contributed by atoms with Gasteiger partial charge >= 0.3 is 5.97 Å². The van der Waals surface area contributed by atoms with E-state index in [0.717, 1.165) is 6.07 Å². The Balaban J connectivity index is 2.53. The molecule has 1 N–H and O–H groups in total. The molecule has 0 amide bonds. The third kappa shape index (κ3) is 1.93. The van der Waals surface area contributed by atoms with Crippen molar-refractivity contribution in [1.82, 2.24) is 9.78 Å². The predicted molar refractivity (Wildman–Crippen MR) is 55.6 cm³/mol. The van der Waals surface area contributed by atoms with Gasteiger partial charge in [-0.2, -0.15) is 5.10 Å². The highest BCUT2D eigenvalue weighted by atomic mass is 19.1. The Morgan fingerprint density at radius 3 is 2.69 bits per heavy atom. The lowest BCUT2D eigenvalue weighted by Crippen LogP contribution is -1.97. The summed E-state index contributed by atoms with van der Waals surface area (Å²) in [5.41, 5.74) is 1.12. The zero-order chi connectivity index (χ0) is 11.7. The number of benzene rings is 1. The molecule has 0 bridgehead atoms. The number of carboxylic acid groups (broad SMARTS) is 1. The highest BCUT2D eigenvalue weighted by Crippen LogP contribution is 2.21. The van der Waals surface area contributed by atoms with E-state index in [1.54, 1.807) is 24.1 Å². The fraction of sp³-hybridized carbons (Fsp3) is 0.0909. The summed E-state index contributed by atoms with van der Waals surface area (Å²) < 4.78 is 14.8. The number of rotatable bonds is 2. The summed E-state index contributed by atoms with van der Waals surface area (Å²) in [7, 11) is 1.74. The summed E-state index contributed by atoms with van der Waals surface area (Å²) in [5, 5.41) is 12.7. The number of carboxylic acids is 1. The molecule has 1 aromatic carbocycles. The maximum absolute atomic E-state index is 13.2. The number of hydrogen-bond acceptors (Lipinski definition) is 2. The third-order valence-corrected chi connectivity index (χ3v) is 2.18. The number of nitrogens with zero attached hydrogens (tertiary/aromatic N) is 2. The average molecular weight is 220 g/mol. The van der Waals surface area contributed by atoms with E-state index in [1.807, 2.05) is 0 Å². The first-order valence-electron chi connectivity index (χ1n) is 4.59. The SMILES string of the molecule is Cn1cc(-c2cc(F)cc(C(=O)O)c2)cn1. The molecular formula is C11H9FN2O2. The standard InChI is InChI=1S/C11H9FN2O2/c1-14-6-9(5-13-14)7-2-8(11(15)16)4-10(12)3-7/h2-6H,1H3,(H,15,16). The lowest BCUT2D eigenvalue weighted by Gasteiger charge is -2.00. The Bertz CT molecular complexity index is 549. The van der Waals surface area contributed by atoms with E-state index < -0.39 is 11.8 Å². The van der Waals surface area contributed by atoms with Crippen LogP contribution in [0.15, 0.2) is 30.6 Å². The molecule has 2 rings (SSSR count). The Labute approximate surface area is 90.9 Å². The fourth-order valence-corrected chi connectivity index (χ4v) is 1.45. The summed E-state index contributed by atoms with van der Waals surface area (Å²) in [5.74, 6) is -1.72. The highest BCUT2D eigenvalue weighted by Gasteiger charge is 2.09. The Morgan fingerprint density at radius 2 is 2.12 bits per heavy atom. The zero-order valence-corrected chi connectivity index (χ0v) is 8.51. The first-order chi connectivity index (χ1) is 7.56. The number of aromatic nitrogens is 2. The minimum Gasteiger partial charge on any atom is -0.478 e. The number of halogens is 1. The van der Waals surface area contributed by atoms with Crippen molar-refractivity contribution in [3.8, 4) is 11.1 Å². The van der Waals surface area contributed by atoms with E-state index in [-0.39, 0.29) is 5.56 Å². The summed E-state index contributed by atoms with van der Waals surface area (Å²) in [4.78, 5) is 10.8. The van der Waals surface area contributed by atoms with E-state index in [1.165, 1.54) is 12.1 Å². The van der Waals surface area contributed by atoms with Crippen LogP contribution in [0.5, 0.6) is 0 Å². The Kier molecular flexibility index (Phi) is 2.44. The van der Waals surface area contributed by atoms with Gasteiger partial charge in [0.05, 0.1) is 11.8 Å². The minimum absolute atomic E-state index is 0.0705. The molecule has 82 valence electrons. The van der Waals surface area contributed by atoms with Crippen molar-refractivity contribution in [1.29, 1.82) is 0 Å². The van der Waals surface area contributed by atoms with Gasteiger partial charge in [0.15, 0.2) is 0 Å². The molecule has 0 fully saturated rings. The van der Waals surface area contributed by atoms with E-state index in [4.69, 9.17) is 5.11 Å². The molecule has 0 radical (unpaired) electrons. The summed E-state index contributed by atoms with van der Waals surface area (Å²) in [6.45, 7) is 0. The van der Waals surface area contributed by atoms with Gasteiger partial charge in [0, 0.05) is 18.8 Å². The maximum Gasteiger partial charge on any atom is 0.335 e. The molecule has 0 unspecified atom stereocenters. The van der Waals surface area contributed by atoms with Crippen LogP contribution in [0, 0.1) is 5.82 Å². The van der Waals surface area contributed by atoms with Crippen LogP contribution in [0.25, 0.3) is 11.1 Å². The van der Waals surface area contributed by atoms with Crippen molar-refractivity contribution in [2.24, 2.45) is 7.05 Å². The molecule has 4 nitrogen and oxygen atoms in total. The molecule has 2 aromatic rings. The predicted octanol–water partition coefficient (Wildman–Crippen LogP) is 1.92. The summed E-state index contributed by atoms with van der Waals surface area (Å²) >= 11 is 0. The van der Waals surface area contributed by atoms with Crippen molar-refractivity contribution in [3.63, 3.8) is 0 Å². The second kappa shape index (κ2) is 3.77. The number of carbonyl (C=O) groups is 1. The number of aryl methyl sites for hydroxylation is 1. The van der Waals surface area contributed by atoms with Gasteiger partial charge in [-0.25, -0.2) is 9.18 Å². The quantitative estimate of drug-likeness (QED) is 0.841. The number of aromatic carboxylic acids is 1. The Hall–Kier alpha value is -2.17. The Morgan fingerprint density at radius 1 is 1.38 bits per heavy atom. The second-order valence-electron chi connectivity index (χ2n) is 3.44. The molecule has 1 aromatic heterocycles. The molecular weight excluding hydrogens is 211 g/mol. The molecule has 0 spiro atoms. The van der Waals surface area contributed by atoms with Crippen LogP contribution in [0.2, 0.25) is 0 Å².